The van der Waals surface area contributed by atoms with Gasteiger partial charge in [-0.25, -0.2) is 0 Å². The number of nitrogens with one attached hydrogen (secondary N) is 1. The van der Waals surface area contributed by atoms with Crippen molar-refractivity contribution >= 4 is 23.2 Å². The Labute approximate surface area is 99.5 Å². The maximum Gasteiger partial charge on any atom is 0.123 e. The van der Waals surface area contributed by atoms with E-state index in [1.165, 1.54) is 0 Å². The molecule has 1 atom stereocenters. The van der Waals surface area contributed by atoms with Gasteiger partial charge >= 0.3 is 0 Å². The molecule has 2 rings (SSSR count). The molecule has 1 fully saturated rings. The quantitative estimate of drug-likeness (QED) is 0.865. The van der Waals surface area contributed by atoms with Crippen LogP contribution in [0.3, 0.4) is 0 Å². The highest BCUT2D eigenvalue weighted by atomic mass is 35.5. The number of benzene rings is 1. The minimum atomic E-state index is 0.408. The van der Waals surface area contributed by atoms with Crippen molar-refractivity contribution in [3.05, 3.63) is 27.7 Å². The molecule has 82 valence electrons. The molecule has 1 aliphatic heterocycles. The van der Waals surface area contributed by atoms with Gasteiger partial charge < -0.3 is 10.1 Å². The number of hydrogen-bond acceptors (Lipinski definition) is 2. The Morgan fingerprint density at radius 3 is 2.80 bits per heavy atom. The Morgan fingerprint density at radius 2 is 2.20 bits per heavy atom. The summed E-state index contributed by atoms with van der Waals surface area (Å²) in [4.78, 5) is 0. The Kier molecular flexibility index (Phi) is 3.39. The third kappa shape index (κ3) is 2.07. The number of halogens is 2. The van der Waals surface area contributed by atoms with Gasteiger partial charge in [0.2, 0.25) is 0 Å². The van der Waals surface area contributed by atoms with Crippen molar-refractivity contribution < 1.29 is 4.74 Å². The zero-order chi connectivity index (χ0) is 10.8. The number of methoxy groups -OCH3 is 1. The lowest BCUT2D eigenvalue weighted by Crippen LogP contribution is -2.09. The number of hydrogen-bond donors (Lipinski definition) is 1. The fourth-order valence-corrected chi connectivity index (χ4v) is 2.48. The summed E-state index contributed by atoms with van der Waals surface area (Å²) in [6.45, 7) is 1.97. The number of ether oxygens (including phenoxy) is 1. The summed E-state index contributed by atoms with van der Waals surface area (Å²) in [7, 11) is 1.66. The molecule has 0 aliphatic carbocycles. The summed E-state index contributed by atoms with van der Waals surface area (Å²) in [5.41, 5.74) is 1.04. The third-order valence-corrected chi connectivity index (χ3v) is 3.60. The van der Waals surface area contributed by atoms with Crippen LogP contribution in [0.5, 0.6) is 5.75 Å². The fraction of sp³-hybridized carbons (Fsp3) is 0.455. The summed E-state index contributed by atoms with van der Waals surface area (Å²) in [6, 6.07) is 3.65. The Morgan fingerprint density at radius 1 is 1.40 bits per heavy atom. The van der Waals surface area contributed by atoms with Crippen molar-refractivity contribution in [1.29, 1.82) is 0 Å². The highest BCUT2D eigenvalue weighted by Gasteiger charge is 2.24. The molecule has 15 heavy (non-hydrogen) atoms. The van der Waals surface area contributed by atoms with Crippen LogP contribution in [0.4, 0.5) is 0 Å². The highest BCUT2D eigenvalue weighted by molar-refractivity contribution is 6.42. The van der Waals surface area contributed by atoms with Crippen LogP contribution in [0.25, 0.3) is 0 Å². The smallest absolute Gasteiger partial charge is 0.123 e. The van der Waals surface area contributed by atoms with E-state index in [0.717, 1.165) is 30.8 Å². The zero-order valence-corrected chi connectivity index (χ0v) is 10.0. The van der Waals surface area contributed by atoms with E-state index in [-0.39, 0.29) is 0 Å². The normalized spacial score (nSPS) is 20.6. The second-order valence-electron chi connectivity index (χ2n) is 3.67. The topological polar surface area (TPSA) is 21.3 Å². The van der Waals surface area contributed by atoms with Crippen LogP contribution < -0.4 is 10.1 Å². The van der Waals surface area contributed by atoms with Crippen molar-refractivity contribution in [3.63, 3.8) is 0 Å². The van der Waals surface area contributed by atoms with Crippen molar-refractivity contribution in [2.45, 2.75) is 12.3 Å². The summed E-state index contributed by atoms with van der Waals surface area (Å²) >= 11 is 12.2. The molecule has 0 unspecified atom stereocenters. The van der Waals surface area contributed by atoms with E-state index < -0.39 is 0 Å². The van der Waals surface area contributed by atoms with Gasteiger partial charge in [0.25, 0.3) is 0 Å². The van der Waals surface area contributed by atoms with Gasteiger partial charge in [0.1, 0.15) is 5.75 Å². The monoisotopic (exact) mass is 245 g/mol. The van der Waals surface area contributed by atoms with Crippen LogP contribution in [0, 0.1) is 0 Å². The van der Waals surface area contributed by atoms with Gasteiger partial charge in [0, 0.05) is 18.0 Å². The Bertz CT molecular complexity index is 362. The molecule has 0 aromatic heterocycles. The van der Waals surface area contributed by atoms with E-state index in [9.17, 15) is 0 Å². The lowest BCUT2D eigenvalue weighted by atomic mass is 9.97. The predicted octanol–water partition coefficient (Wildman–Crippen LogP) is 3.08. The van der Waals surface area contributed by atoms with Crippen LogP contribution >= 0.6 is 23.2 Å². The predicted molar refractivity (Wildman–Crippen MR) is 63.2 cm³/mol. The maximum atomic E-state index is 6.22. The molecule has 4 heteroatoms. The first-order valence-electron chi connectivity index (χ1n) is 4.96. The molecule has 0 saturated carbocycles. The molecule has 1 heterocycles. The number of rotatable bonds is 2. The zero-order valence-electron chi connectivity index (χ0n) is 8.52. The molecule has 1 N–H and O–H groups in total. The SMILES string of the molecule is COc1ccc(Cl)c(Cl)c1[C@H]1CCNC1. The van der Waals surface area contributed by atoms with Gasteiger partial charge in [-0.3, -0.25) is 0 Å². The van der Waals surface area contributed by atoms with E-state index in [0.29, 0.717) is 16.0 Å². The molecule has 0 radical (unpaired) electrons. The second kappa shape index (κ2) is 4.60. The molecule has 1 aliphatic rings. The average Bonchev–Trinajstić information content (AvgIpc) is 2.75. The minimum absolute atomic E-state index is 0.408. The van der Waals surface area contributed by atoms with Crippen molar-refractivity contribution in [2.24, 2.45) is 0 Å². The van der Waals surface area contributed by atoms with E-state index in [1.807, 2.05) is 6.07 Å². The molecular formula is C11H13Cl2NO. The van der Waals surface area contributed by atoms with Crippen LogP contribution in [0.15, 0.2) is 12.1 Å². The molecule has 2 nitrogen and oxygen atoms in total. The molecule has 0 bridgehead atoms. The van der Waals surface area contributed by atoms with Gasteiger partial charge in [-0.15, -0.1) is 0 Å². The maximum absolute atomic E-state index is 6.22. The van der Waals surface area contributed by atoms with Crippen LogP contribution in [0.1, 0.15) is 17.9 Å². The van der Waals surface area contributed by atoms with E-state index in [4.69, 9.17) is 27.9 Å². The summed E-state index contributed by atoms with van der Waals surface area (Å²) in [5, 5.41) is 4.54. The second-order valence-corrected chi connectivity index (χ2v) is 4.45. The highest BCUT2D eigenvalue weighted by Crippen LogP contribution is 2.40. The van der Waals surface area contributed by atoms with Crippen LogP contribution in [-0.4, -0.2) is 20.2 Å². The van der Waals surface area contributed by atoms with Gasteiger partial charge in [0.15, 0.2) is 0 Å². The van der Waals surface area contributed by atoms with Gasteiger partial charge in [-0.2, -0.15) is 0 Å². The Hall–Kier alpha value is -0.440. The van der Waals surface area contributed by atoms with Gasteiger partial charge in [-0.1, -0.05) is 23.2 Å². The van der Waals surface area contributed by atoms with Crippen molar-refractivity contribution in [3.8, 4) is 5.75 Å². The first-order valence-corrected chi connectivity index (χ1v) is 5.72. The summed E-state index contributed by atoms with van der Waals surface area (Å²) in [5.74, 6) is 1.24. The van der Waals surface area contributed by atoms with Crippen LogP contribution in [0.2, 0.25) is 10.0 Å². The molecule has 1 aromatic carbocycles. The largest absolute Gasteiger partial charge is 0.496 e. The third-order valence-electron chi connectivity index (χ3n) is 2.78. The van der Waals surface area contributed by atoms with Gasteiger partial charge in [-0.05, 0) is 25.1 Å². The first kappa shape index (κ1) is 11.1. The van der Waals surface area contributed by atoms with Crippen molar-refractivity contribution in [2.75, 3.05) is 20.2 Å². The fourth-order valence-electron chi connectivity index (χ4n) is 2.01. The summed E-state index contributed by atoms with van der Waals surface area (Å²) in [6.07, 6.45) is 1.08. The van der Waals surface area contributed by atoms with E-state index in [2.05, 4.69) is 5.32 Å². The Balaban J connectivity index is 2.45. The lowest BCUT2D eigenvalue weighted by molar-refractivity contribution is 0.406. The van der Waals surface area contributed by atoms with E-state index in [1.54, 1.807) is 13.2 Å². The molecule has 0 amide bonds. The van der Waals surface area contributed by atoms with Crippen molar-refractivity contribution in [1.82, 2.24) is 5.32 Å². The van der Waals surface area contributed by atoms with Crippen LogP contribution in [-0.2, 0) is 0 Å². The van der Waals surface area contributed by atoms with Gasteiger partial charge in [0.05, 0.1) is 17.2 Å². The minimum Gasteiger partial charge on any atom is -0.496 e. The standard InChI is InChI=1S/C11H13Cl2NO/c1-15-9-3-2-8(12)11(13)10(9)7-4-5-14-6-7/h2-3,7,14H,4-6H2,1H3/t7-/m0/s1. The molecule has 1 aromatic rings. The average molecular weight is 246 g/mol. The lowest BCUT2D eigenvalue weighted by Gasteiger charge is -2.16. The molecule has 0 spiro atoms. The molecule has 1 saturated heterocycles. The first-order chi connectivity index (χ1) is 7.24. The van der Waals surface area contributed by atoms with E-state index >= 15 is 0 Å². The summed E-state index contributed by atoms with van der Waals surface area (Å²) < 4.78 is 5.32. The molecular weight excluding hydrogens is 233 g/mol.